The lowest BCUT2D eigenvalue weighted by Crippen LogP contribution is -2.34. The molecular weight excluding hydrogens is 709 g/mol. The van der Waals surface area contributed by atoms with Gasteiger partial charge in [0.1, 0.15) is 11.5 Å². The van der Waals surface area contributed by atoms with Crippen LogP contribution in [0.2, 0.25) is 0 Å². The van der Waals surface area contributed by atoms with Gasteiger partial charge in [-0.05, 0) is 75.8 Å². The molecular formula is C53H34N4O. The zero-order chi connectivity index (χ0) is 38.9. The van der Waals surface area contributed by atoms with E-state index in [0.29, 0.717) is 23.0 Å². The Bertz CT molecular complexity index is 2900. The van der Waals surface area contributed by atoms with Crippen LogP contribution in [0.3, 0.4) is 0 Å². The van der Waals surface area contributed by atoms with Crippen LogP contribution in [-0.4, -0.2) is 15.0 Å². The fraction of sp³-hybridized carbons (Fsp3) is 0.0189. The monoisotopic (exact) mass is 742 g/mol. The van der Waals surface area contributed by atoms with Crippen molar-refractivity contribution in [3.63, 3.8) is 0 Å². The molecule has 0 radical (unpaired) electrons. The topological polar surface area (TPSA) is 71.7 Å². The molecule has 0 spiro atoms. The first-order valence-corrected chi connectivity index (χ1v) is 19.2. The van der Waals surface area contributed by atoms with Crippen molar-refractivity contribution in [2.45, 2.75) is 5.41 Å². The Labute approximate surface area is 337 Å². The van der Waals surface area contributed by atoms with Gasteiger partial charge in [-0.25, -0.2) is 15.0 Å². The van der Waals surface area contributed by atoms with Gasteiger partial charge >= 0.3 is 0 Å². The van der Waals surface area contributed by atoms with E-state index >= 15 is 0 Å². The second-order valence-electron chi connectivity index (χ2n) is 14.3. The van der Waals surface area contributed by atoms with Crippen molar-refractivity contribution in [3.05, 3.63) is 234 Å². The summed E-state index contributed by atoms with van der Waals surface area (Å²) < 4.78 is 6.64. The summed E-state index contributed by atoms with van der Waals surface area (Å²) in [6.45, 7) is 0. The molecule has 0 fully saturated rings. The Kier molecular flexibility index (Phi) is 8.70. The minimum Gasteiger partial charge on any atom is -0.457 e. The normalized spacial score (nSPS) is 12.4. The van der Waals surface area contributed by atoms with Gasteiger partial charge in [-0.1, -0.05) is 164 Å². The fourth-order valence-electron chi connectivity index (χ4n) is 8.10. The molecule has 5 heteroatoms. The Balaban J connectivity index is 1.07. The molecule has 0 aliphatic carbocycles. The number of aromatic nitrogens is 3. The Morgan fingerprint density at radius 3 is 1.29 bits per heavy atom. The molecule has 1 aliphatic heterocycles. The van der Waals surface area contributed by atoms with Crippen molar-refractivity contribution >= 4 is 0 Å². The van der Waals surface area contributed by atoms with Gasteiger partial charge in [0, 0.05) is 27.8 Å². The predicted octanol–water partition coefficient (Wildman–Crippen LogP) is 12.6. The maximum Gasteiger partial charge on any atom is 0.164 e. The molecule has 1 aromatic heterocycles. The highest BCUT2D eigenvalue weighted by molar-refractivity contribution is 5.76. The van der Waals surface area contributed by atoms with Crippen LogP contribution in [0.4, 0.5) is 0 Å². The van der Waals surface area contributed by atoms with Gasteiger partial charge < -0.3 is 4.74 Å². The smallest absolute Gasteiger partial charge is 0.164 e. The lowest BCUT2D eigenvalue weighted by Gasteiger charge is -2.41. The predicted molar refractivity (Wildman–Crippen MR) is 230 cm³/mol. The molecule has 0 unspecified atom stereocenters. The molecule has 0 atom stereocenters. The standard InChI is InChI=1S/C53H34N4O/c54-35-36-20-22-40(23-21-36)50-55-51(41-28-24-38(25-29-41)37-12-4-1-5-13-37)57-52(56-50)42-30-26-39(27-31-42)43-32-33-49-47(34-43)53(44-14-6-2-7-15-44,45-16-8-3-9-17-45)46-18-10-11-19-48(46)58-49/h1-34H. The quantitative estimate of drug-likeness (QED) is 0.163. The van der Waals surface area contributed by atoms with E-state index in [1.54, 1.807) is 12.1 Å². The summed E-state index contributed by atoms with van der Waals surface area (Å²) in [6.07, 6.45) is 0. The van der Waals surface area contributed by atoms with Crippen molar-refractivity contribution in [1.29, 1.82) is 5.26 Å². The van der Waals surface area contributed by atoms with Crippen LogP contribution in [0.5, 0.6) is 11.5 Å². The molecule has 1 aliphatic rings. The number of hydrogen-bond acceptors (Lipinski definition) is 5. The Morgan fingerprint density at radius 2 is 0.759 bits per heavy atom. The van der Waals surface area contributed by atoms with E-state index in [0.717, 1.165) is 61.6 Å². The summed E-state index contributed by atoms with van der Waals surface area (Å²) in [4.78, 5) is 14.9. The average Bonchev–Trinajstić information content (AvgIpc) is 3.31. The number of ether oxygens (including phenoxy) is 1. The number of hydrogen-bond donors (Lipinski definition) is 0. The summed E-state index contributed by atoms with van der Waals surface area (Å²) >= 11 is 0. The molecule has 272 valence electrons. The molecule has 0 saturated carbocycles. The van der Waals surface area contributed by atoms with Crippen molar-refractivity contribution in [3.8, 4) is 74.0 Å². The first kappa shape index (κ1) is 34.5. The highest BCUT2D eigenvalue weighted by atomic mass is 16.5. The van der Waals surface area contributed by atoms with Crippen molar-refractivity contribution < 1.29 is 4.74 Å². The lowest BCUT2D eigenvalue weighted by molar-refractivity contribution is 0.434. The molecule has 2 heterocycles. The third-order valence-electron chi connectivity index (χ3n) is 10.9. The van der Waals surface area contributed by atoms with Gasteiger partial charge in [0.05, 0.1) is 17.0 Å². The van der Waals surface area contributed by atoms with Crippen LogP contribution < -0.4 is 4.74 Å². The van der Waals surface area contributed by atoms with Gasteiger partial charge in [-0.3, -0.25) is 0 Å². The summed E-state index contributed by atoms with van der Waals surface area (Å²) in [6, 6.07) is 72.8. The van der Waals surface area contributed by atoms with Crippen molar-refractivity contribution in [1.82, 2.24) is 15.0 Å². The summed E-state index contributed by atoms with van der Waals surface area (Å²) in [5.41, 5.74) is 11.4. The van der Waals surface area contributed by atoms with E-state index < -0.39 is 5.41 Å². The van der Waals surface area contributed by atoms with Crippen LogP contribution >= 0.6 is 0 Å². The van der Waals surface area contributed by atoms with Gasteiger partial charge in [0.25, 0.3) is 0 Å². The molecule has 0 bridgehead atoms. The zero-order valence-electron chi connectivity index (χ0n) is 31.3. The second-order valence-corrected chi connectivity index (χ2v) is 14.3. The van der Waals surface area contributed by atoms with E-state index in [2.05, 4.69) is 164 Å². The number of benzene rings is 8. The first-order chi connectivity index (χ1) is 28.7. The largest absolute Gasteiger partial charge is 0.457 e. The van der Waals surface area contributed by atoms with Crippen molar-refractivity contribution in [2.75, 3.05) is 0 Å². The number of rotatable bonds is 7. The summed E-state index contributed by atoms with van der Waals surface area (Å²) in [7, 11) is 0. The maximum absolute atomic E-state index is 9.42. The fourth-order valence-corrected chi connectivity index (χ4v) is 8.10. The van der Waals surface area contributed by atoms with E-state index in [1.165, 1.54) is 11.1 Å². The van der Waals surface area contributed by atoms with Crippen LogP contribution in [0.25, 0.3) is 56.4 Å². The minimum absolute atomic E-state index is 0.536. The van der Waals surface area contributed by atoms with E-state index in [9.17, 15) is 5.26 Å². The van der Waals surface area contributed by atoms with E-state index in [4.69, 9.17) is 19.7 Å². The molecule has 0 saturated heterocycles. The number of nitrogens with zero attached hydrogens (tertiary/aromatic N) is 4. The zero-order valence-corrected chi connectivity index (χ0v) is 31.3. The molecule has 8 aromatic carbocycles. The minimum atomic E-state index is -0.606. The summed E-state index contributed by atoms with van der Waals surface area (Å²) in [5.74, 6) is 3.35. The molecule has 58 heavy (non-hydrogen) atoms. The molecule has 0 N–H and O–H groups in total. The molecule has 10 rings (SSSR count). The molecule has 9 aromatic rings. The highest BCUT2D eigenvalue weighted by Gasteiger charge is 2.45. The number of nitriles is 1. The lowest BCUT2D eigenvalue weighted by atomic mass is 9.63. The van der Waals surface area contributed by atoms with E-state index in [-0.39, 0.29) is 0 Å². The Morgan fingerprint density at radius 1 is 0.362 bits per heavy atom. The second kappa shape index (κ2) is 14.6. The van der Waals surface area contributed by atoms with Gasteiger partial charge in [0.15, 0.2) is 17.5 Å². The first-order valence-electron chi connectivity index (χ1n) is 19.2. The van der Waals surface area contributed by atoms with Gasteiger partial charge in [-0.15, -0.1) is 0 Å². The van der Waals surface area contributed by atoms with Gasteiger partial charge in [-0.2, -0.15) is 5.26 Å². The number of para-hydroxylation sites is 1. The number of fused-ring (bicyclic) bond motifs is 2. The van der Waals surface area contributed by atoms with Crippen LogP contribution in [0, 0.1) is 11.3 Å². The molecule has 5 nitrogen and oxygen atoms in total. The summed E-state index contributed by atoms with van der Waals surface area (Å²) in [5, 5.41) is 9.42. The van der Waals surface area contributed by atoms with Crippen molar-refractivity contribution in [2.24, 2.45) is 0 Å². The average molecular weight is 743 g/mol. The maximum atomic E-state index is 9.42. The van der Waals surface area contributed by atoms with E-state index in [1.807, 2.05) is 36.4 Å². The highest BCUT2D eigenvalue weighted by Crippen LogP contribution is 2.55. The Hall–Kier alpha value is -7.94. The van der Waals surface area contributed by atoms with Crippen LogP contribution in [-0.2, 0) is 5.41 Å². The van der Waals surface area contributed by atoms with Crippen LogP contribution in [0.1, 0.15) is 27.8 Å². The molecule has 0 amide bonds. The third-order valence-corrected chi connectivity index (χ3v) is 10.9. The van der Waals surface area contributed by atoms with Crippen LogP contribution in [0.15, 0.2) is 206 Å². The third kappa shape index (κ3) is 6.10. The van der Waals surface area contributed by atoms with Gasteiger partial charge in [0.2, 0.25) is 0 Å². The SMILES string of the molecule is N#Cc1ccc(-c2nc(-c3ccc(-c4ccccc4)cc3)nc(-c3ccc(-c4ccc5c(c4)C(c4ccccc4)(c4ccccc4)c4ccccc4O5)cc3)n2)cc1.